The van der Waals surface area contributed by atoms with Crippen molar-refractivity contribution in [2.24, 2.45) is 5.73 Å². The first kappa shape index (κ1) is 8.68. The van der Waals surface area contributed by atoms with Crippen LogP contribution in [0.5, 0.6) is 0 Å². The number of fused-ring (bicyclic) bond motifs is 1. The maximum absolute atomic E-state index is 6.02. The fourth-order valence-electron chi connectivity index (χ4n) is 2.15. The Hall–Kier alpha value is -1.61. The van der Waals surface area contributed by atoms with Gasteiger partial charge in [0.25, 0.3) is 0 Å². The molecule has 1 aliphatic carbocycles. The van der Waals surface area contributed by atoms with E-state index in [2.05, 4.69) is 23.2 Å². The van der Waals surface area contributed by atoms with Gasteiger partial charge in [-0.25, -0.2) is 4.98 Å². The molecule has 2 N–H and O–H groups in total. The molecule has 2 aromatic rings. The van der Waals surface area contributed by atoms with Crippen LogP contribution >= 0.6 is 0 Å². The molecule has 3 rings (SSSR count). The Labute approximate surface area is 87.9 Å². The van der Waals surface area contributed by atoms with E-state index in [0.29, 0.717) is 0 Å². The van der Waals surface area contributed by atoms with E-state index in [0.717, 1.165) is 24.1 Å². The van der Waals surface area contributed by atoms with Crippen molar-refractivity contribution in [2.75, 3.05) is 0 Å². The van der Waals surface area contributed by atoms with Gasteiger partial charge in [-0.1, -0.05) is 12.1 Å². The van der Waals surface area contributed by atoms with Crippen LogP contribution in [-0.4, -0.2) is 4.98 Å². The Morgan fingerprint density at radius 1 is 1.40 bits per heavy atom. The van der Waals surface area contributed by atoms with Crippen molar-refractivity contribution in [3.63, 3.8) is 0 Å². The van der Waals surface area contributed by atoms with Crippen LogP contribution in [0.4, 0.5) is 0 Å². The third-order valence-electron chi connectivity index (χ3n) is 3.00. The third-order valence-corrected chi connectivity index (χ3v) is 3.00. The zero-order valence-electron chi connectivity index (χ0n) is 8.31. The van der Waals surface area contributed by atoms with E-state index in [4.69, 9.17) is 10.2 Å². The predicted octanol–water partition coefficient (Wildman–Crippen LogP) is 2.29. The molecule has 0 bridgehead atoms. The second kappa shape index (κ2) is 3.21. The molecule has 3 nitrogen and oxygen atoms in total. The van der Waals surface area contributed by atoms with E-state index in [1.807, 2.05) is 0 Å². The largest absolute Gasteiger partial charge is 0.451 e. The standard InChI is InChI=1S/C12H12N2O/c13-11-4-3-8-1-2-9(5-10(8)11)12-6-15-7-14-12/h1-2,5-7,11H,3-4,13H2. The average Bonchev–Trinajstić information content (AvgIpc) is 2.88. The Kier molecular flexibility index (Phi) is 1.86. The van der Waals surface area contributed by atoms with Gasteiger partial charge in [-0.15, -0.1) is 0 Å². The summed E-state index contributed by atoms with van der Waals surface area (Å²) in [5.74, 6) is 0. The molecule has 1 aromatic heterocycles. The summed E-state index contributed by atoms with van der Waals surface area (Å²) in [4.78, 5) is 4.13. The Bertz CT molecular complexity index is 476. The van der Waals surface area contributed by atoms with Crippen molar-refractivity contribution in [2.45, 2.75) is 18.9 Å². The van der Waals surface area contributed by atoms with Crippen LogP contribution in [0.15, 0.2) is 35.3 Å². The lowest BCUT2D eigenvalue weighted by Gasteiger charge is -2.05. The van der Waals surface area contributed by atoms with Crippen LogP contribution in [0.1, 0.15) is 23.6 Å². The highest BCUT2D eigenvalue weighted by molar-refractivity contribution is 5.60. The highest BCUT2D eigenvalue weighted by Crippen LogP contribution is 2.32. The molecule has 0 amide bonds. The molecule has 1 atom stereocenters. The second-order valence-electron chi connectivity index (χ2n) is 3.93. The molecule has 76 valence electrons. The number of aromatic nitrogens is 1. The highest BCUT2D eigenvalue weighted by Gasteiger charge is 2.19. The smallest absolute Gasteiger partial charge is 0.181 e. The van der Waals surface area contributed by atoms with E-state index >= 15 is 0 Å². The van der Waals surface area contributed by atoms with Gasteiger partial charge in [0.1, 0.15) is 12.0 Å². The molecule has 0 saturated heterocycles. The van der Waals surface area contributed by atoms with E-state index < -0.39 is 0 Å². The number of oxazole rings is 1. The van der Waals surface area contributed by atoms with Crippen LogP contribution < -0.4 is 5.73 Å². The minimum Gasteiger partial charge on any atom is -0.451 e. The lowest BCUT2D eigenvalue weighted by atomic mass is 10.0. The number of hydrogen-bond donors (Lipinski definition) is 1. The predicted molar refractivity (Wildman–Crippen MR) is 57.2 cm³/mol. The Morgan fingerprint density at radius 3 is 3.13 bits per heavy atom. The van der Waals surface area contributed by atoms with Crippen molar-refractivity contribution >= 4 is 0 Å². The molecule has 1 unspecified atom stereocenters. The first-order valence-corrected chi connectivity index (χ1v) is 5.11. The lowest BCUT2D eigenvalue weighted by molar-refractivity contribution is 0.558. The molecule has 0 aliphatic heterocycles. The summed E-state index contributed by atoms with van der Waals surface area (Å²) in [7, 11) is 0. The van der Waals surface area contributed by atoms with E-state index in [1.165, 1.54) is 17.5 Å². The summed E-state index contributed by atoms with van der Waals surface area (Å²) in [5.41, 5.74) is 10.6. The Balaban J connectivity index is 2.09. The monoisotopic (exact) mass is 200 g/mol. The van der Waals surface area contributed by atoms with Crippen molar-refractivity contribution in [3.8, 4) is 11.3 Å². The lowest BCUT2D eigenvalue weighted by Crippen LogP contribution is -2.05. The third kappa shape index (κ3) is 1.36. The molecule has 15 heavy (non-hydrogen) atoms. The van der Waals surface area contributed by atoms with Crippen LogP contribution in [-0.2, 0) is 6.42 Å². The summed E-state index contributed by atoms with van der Waals surface area (Å²) >= 11 is 0. The zero-order chi connectivity index (χ0) is 10.3. The normalized spacial score (nSPS) is 19.1. The van der Waals surface area contributed by atoms with Crippen molar-refractivity contribution in [1.82, 2.24) is 4.98 Å². The SMILES string of the molecule is NC1CCc2ccc(-c3cocn3)cc21. The van der Waals surface area contributed by atoms with Crippen LogP contribution in [0.25, 0.3) is 11.3 Å². The van der Waals surface area contributed by atoms with Gasteiger partial charge in [0, 0.05) is 11.6 Å². The molecule has 0 fully saturated rings. The van der Waals surface area contributed by atoms with Gasteiger partial charge in [0.2, 0.25) is 0 Å². The molecule has 1 heterocycles. The van der Waals surface area contributed by atoms with Gasteiger partial charge in [-0.2, -0.15) is 0 Å². The quantitative estimate of drug-likeness (QED) is 0.768. The number of aryl methyl sites for hydroxylation is 1. The Morgan fingerprint density at radius 2 is 2.33 bits per heavy atom. The van der Waals surface area contributed by atoms with Gasteiger partial charge >= 0.3 is 0 Å². The van der Waals surface area contributed by atoms with Crippen LogP contribution in [0, 0.1) is 0 Å². The molecule has 3 heteroatoms. The number of benzene rings is 1. The summed E-state index contributed by atoms with van der Waals surface area (Å²) in [6.07, 6.45) is 5.25. The fraction of sp³-hybridized carbons (Fsp3) is 0.250. The molecule has 0 spiro atoms. The maximum Gasteiger partial charge on any atom is 0.181 e. The van der Waals surface area contributed by atoms with Crippen molar-refractivity contribution < 1.29 is 4.42 Å². The first-order valence-electron chi connectivity index (χ1n) is 5.11. The van der Waals surface area contributed by atoms with Gasteiger partial charge in [-0.3, -0.25) is 0 Å². The van der Waals surface area contributed by atoms with Gasteiger partial charge < -0.3 is 10.2 Å². The molecule has 1 aromatic carbocycles. The average molecular weight is 200 g/mol. The second-order valence-corrected chi connectivity index (χ2v) is 3.93. The number of rotatable bonds is 1. The molecule has 1 aliphatic rings. The van der Waals surface area contributed by atoms with Gasteiger partial charge in [-0.05, 0) is 30.0 Å². The van der Waals surface area contributed by atoms with Crippen LogP contribution in [0.2, 0.25) is 0 Å². The minimum atomic E-state index is 0.187. The molecule has 0 saturated carbocycles. The fourth-order valence-corrected chi connectivity index (χ4v) is 2.15. The van der Waals surface area contributed by atoms with E-state index in [-0.39, 0.29) is 6.04 Å². The van der Waals surface area contributed by atoms with Crippen molar-refractivity contribution in [3.05, 3.63) is 42.0 Å². The summed E-state index contributed by atoms with van der Waals surface area (Å²) < 4.78 is 4.97. The number of nitrogens with zero attached hydrogens (tertiary/aromatic N) is 1. The molecule has 0 radical (unpaired) electrons. The minimum absolute atomic E-state index is 0.187. The topological polar surface area (TPSA) is 52.0 Å². The number of nitrogens with two attached hydrogens (primary N) is 1. The highest BCUT2D eigenvalue weighted by atomic mass is 16.3. The van der Waals surface area contributed by atoms with Gasteiger partial charge in [0.05, 0.1) is 0 Å². The van der Waals surface area contributed by atoms with E-state index in [1.54, 1.807) is 6.26 Å². The van der Waals surface area contributed by atoms with Gasteiger partial charge in [0.15, 0.2) is 6.39 Å². The molecular formula is C12H12N2O. The molecular weight excluding hydrogens is 188 g/mol. The zero-order valence-corrected chi connectivity index (χ0v) is 8.31. The first-order chi connectivity index (χ1) is 7.34. The van der Waals surface area contributed by atoms with Crippen LogP contribution in [0.3, 0.4) is 0 Å². The number of hydrogen-bond acceptors (Lipinski definition) is 3. The summed E-state index contributed by atoms with van der Waals surface area (Å²) in [6.45, 7) is 0. The van der Waals surface area contributed by atoms with Crippen molar-refractivity contribution in [1.29, 1.82) is 0 Å². The summed E-state index contributed by atoms with van der Waals surface area (Å²) in [5, 5.41) is 0. The maximum atomic E-state index is 6.02. The summed E-state index contributed by atoms with van der Waals surface area (Å²) in [6, 6.07) is 6.54. The van der Waals surface area contributed by atoms with E-state index in [9.17, 15) is 0 Å².